The molecule has 1 amide bonds. The summed E-state index contributed by atoms with van der Waals surface area (Å²) in [5, 5.41) is 0.811. The van der Waals surface area contributed by atoms with Crippen LogP contribution in [0.1, 0.15) is 24.9 Å². The van der Waals surface area contributed by atoms with Gasteiger partial charge in [0, 0.05) is 57.5 Å². The number of likely N-dealkylation sites (N-methyl/N-ethyl adjacent to an activating group) is 1. The first-order valence-electron chi connectivity index (χ1n) is 8.96. The van der Waals surface area contributed by atoms with Gasteiger partial charge in [-0.2, -0.15) is 0 Å². The van der Waals surface area contributed by atoms with Gasteiger partial charge in [-0.05, 0) is 32.0 Å². The predicted molar refractivity (Wildman–Crippen MR) is 102 cm³/mol. The number of carbonyl (C=O) groups is 1. The highest BCUT2D eigenvalue weighted by molar-refractivity contribution is 6.31. The molecule has 1 aliphatic rings. The number of carbonyl (C=O) groups excluding carboxylic acids is 1. The Kier molecular flexibility index (Phi) is 8.16. The van der Waals surface area contributed by atoms with Crippen molar-refractivity contribution >= 4 is 17.5 Å². The monoisotopic (exact) mass is 367 g/mol. The summed E-state index contributed by atoms with van der Waals surface area (Å²) in [6.45, 7) is 7.59. The molecule has 2 rings (SSSR count). The normalized spacial score (nSPS) is 17.1. The third kappa shape index (κ3) is 5.96. The average Bonchev–Trinajstić information content (AvgIpc) is 2.62. The maximum absolute atomic E-state index is 12.5. The molecule has 0 N–H and O–H groups in total. The fraction of sp³-hybridized carbons (Fsp3) is 0.632. The van der Waals surface area contributed by atoms with E-state index in [1.807, 2.05) is 30.1 Å². The van der Waals surface area contributed by atoms with Crippen LogP contribution < -0.4 is 0 Å². The number of rotatable bonds is 8. The van der Waals surface area contributed by atoms with Gasteiger partial charge in [-0.15, -0.1) is 0 Å². The first kappa shape index (κ1) is 20.2. The number of halogens is 1. The summed E-state index contributed by atoms with van der Waals surface area (Å²) in [5.41, 5.74) is 1.15. The van der Waals surface area contributed by atoms with E-state index >= 15 is 0 Å². The molecular formula is C19H30ClN3O2. The molecule has 140 valence electrons. The maximum atomic E-state index is 12.5. The Balaban J connectivity index is 1.79. The van der Waals surface area contributed by atoms with Crippen LogP contribution in [0.4, 0.5) is 0 Å². The van der Waals surface area contributed by atoms with Crippen molar-refractivity contribution in [3.05, 3.63) is 34.9 Å². The Morgan fingerprint density at radius 1 is 1.28 bits per heavy atom. The zero-order valence-electron chi connectivity index (χ0n) is 15.6. The molecule has 1 aromatic rings. The van der Waals surface area contributed by atoms with Crippen LogP contribution in [0.5, 0.6) is 0 Å². The molecule has 1 unspecified atom stereocenters. The van der Waals surface area contributed by atoms with Crippen LogP contribution >= 0.6 is 11.6 Å². The number of hydrogen-bond acceptors (Lipinski definition) is 4. The van der Waals surface area contributed by atoms with E-state index < -0.39 is 0 Å². The van der Waals surface area contributed by atoms with E-state index in [9.17, 15) is 4.79 Å². The van der Waals surface area contributed by atoms with Crippen molar-refractivity contribution in [2.75, 3.05) is 60.0 Å². The van der Waals surface area contributed by atoms with E-state index in [0.717, 1.165) is 56.3 Å². The van der Waals surface area contributed by atoms with Crippen LogP contribution in [-0.4, -0.2) is 80.6 Å². The number of amides is 1. The number of nitrogens with zero attached hydrogens (tertiary/aromatic N) is 3. The zero-order valence-corrected chi connectivity index (χ0v) is 16.3. The van der Waals surface area contributed by atoms with Gasteiger partial charge in [-0.25, -0.2) is 0 Å². The van der Waals surface area contributed by atoms with Crippen LogP contribution in [0.15, 0.2) is 24.3 Å². The number of hydrogen-bond donors (Lipinski definition) is 0. The van der Waals surface area contributed by atoms with Gasteiger partial charge in [0.2, 0.25) is 5.91 Å². The van der Waals surface area contributed by atoms with E-state index in [1.54, 1.807) is 7.11 Å². The predicted octanol–water partition coefficient (Wildman–Crippen LogP) is 2.51. The topological polar surface area (TPSA) is 36.0 Å². The van der Waals surface area contributed by atoms with E-state index in [0.29, 0.717) is 6.54 Å². The minimum Gasteiger partial charge on any atom is -0.385 e. The highest BCUT2D eigenvalue weighted by Gasteiger charge is 2.25. The van der Waals surface area contributed by atoms with Gasteiger partial charge in [0.05, 0.1) is 6.54 Å². The number of methoxy groups -OCH3 is 1. The molecule has 1 fully saturated rings. The van der Waals surface area contributed by atoms with Crippen molar-refractivity contribution in [1.82, 2.24) is 14.7 Å². The quantitative estimate of drug-likeness (QED) is 0.661. The summed E-state index contributed by atoms with van der Waals surface area (Å²) in [6, 6.07) is 8.27. The van der Waals surface area contributed by atoms with Gasteiger partial charge in [0.1, 0.15) is 0 Å². The van der Waals surface area contributed by atoms with Crippen LogP contribution in [0, 0.1) is 0 Å². The summed E-state index contributed by atoms with van der Waals surface area (Å²) in [7, 11) is 3.69. The number of benzene rings is 1. The van der Waals surface area contributed by atoms with Crippen LogP contribution in [0.3, 0.4) is 0 Å². The minimum atomic E-state index is 0.213. The summed E-state index contributed by atoms with van der Waals surface area (Å²) >= 11 is 6.32. The molecule has 1 saturated heterocycles. The summed E-state index contributed by atoms with van der Waals surface area (Å²) in [6.07, 6.45) is 0.948. The molecule has 1 aliphatic heterocycles. The van der Waals surface area contributed by atoms with Crippen molar-refractivity contribution in [1.29, 1.82) is 0 Å². The summed E-state index contributed by atoms with van der Waals surface area (Å²) < 4.78 is 5.06. The fourth-order valence-corrected chi connectivity index (χ4v) is 3.55. The minimum absolute atomic E-state index is 0.213. The average molecular weight is 368 g/mol. The van der Waals surface area contributed by atoms with Gasteiger partial charge in [-0.3, -0.25) is 14.6 Å². The van der Waals surface area contributed by atoms with E-state index in [1.165, 1.54) is 0 Å². The lowest BCUT2D eigenvalue weighted by Crippen LogP contribution is -2.51. The van der Waals surface area contributed by atoms with E-state index in [4.69, 9.17) is 16.3 Å². The first-order valence-corrected chi connectivity index (χ1v) is 9.34. The molecule has 25 heavy (non-hydrogen) atoms. The van der Waals surface area contributed by atoms with Crippen LogP contribution in [-0.2, 0) is 9.53 Å². The molecule has 1 aromatic carbocycles. The van der Waals surface area contributed by atoms with E-state index in [2.05, 4.69) is 22.8 Å². The standard InChI is InChI=1S/C19H30ClN3O2/c1-16(17-7-4-5-8-18(17)20)22-10-12-23(13-11-22)19(24)15-21(2)9-6-14-25-3/h4-5,7-8,16H,6,9-15H2,1-3H3. The smallest absolute Gasteiger partial charge is 0.236 e. The fourth-order valence-electron chi connectivity index (χ4n) is 3.26. The van der Waals surface area contributed by atoms with E-state index in [-0.39, 0.29) is 11.9 Å². The highest BCUT2D eigenvalue weighted by Crippen LogP contribution is 2.27. The molecule has 5 nitrogen and oxygen atoms in total. The van der Waals surface area contributed by atoms with Crippen molar-refractivity contribution in [3.8, 4) is 0 Å². The van der Waals surface area contributed by atoms with Gasteiger partial charge in [0.25, 0.3) is 0 Å². The Morgan fingerprint density at radius 2 is 1.96 bits per heavy atom. The lowest BCUT2D eigenvalue weighted by atomic mass is 10.1. The lowest BCUT2D eigenvalue weighted by molar-refractivity contribution is -0.134. The molecule has 6 heteroatoms. The molecule has 1 atom stereocenters. The Morgan fingerprint density at radius 3 is 2.60 bits per heavy atom. The third-order valence-electron chi connectivity index (χ3n) is 4.86. The van der Waals surface area contributed by atoms with Crippen molar-refractivity contribution < 1.29 is 9.53 Å². The van der Waals surface area contributed by atoms with Gasteiger partial charge < -0.3 is 9.64 Å². The molecule has 0 aromatic heterocycles. The number of ether oxygens (including phenoxy) is 1. The Hall–Kier alpha value is -1.14. The zero-order chi connectivity index (χ0) is 18.2. The first-order chi connectivity index (χ1) is 12.0. The largest absolute Gasteiger partial charge is 0.385 e. The third-order valence-corrected chi connectivity index (χ3v) is 5.21. The number of piperazine rings is 1. The van der Waals surface area contributed by atoms with Crippen LogP contribution in [0.2, 0.25) is 5.02 Å². The second-order valence-electron chi connectivity index (χ2n) is 6.70. The van der Waals surface area contributed by atoms with Gasteiger partial charge >= 0.3 is 0 Å². The Bertz CT molecular complexity index is 547. The summed E-state index contributed by atoms with van der Waals surface area (Å²) in [4.78, 5) is 18.9. The van der Waals surface area contributed by atoms with Crippen molar-refractivity contribution in [2.24, 2.45) is 0 Å². The molecule has 0 bridgehead atoms. The molecule has 0 radical (unpaired) electrons. The molecule has 1 heterocycles. The highest BCUT2D eigenvalue weighted by atomic mass is 35.5. The second kappa shape index (κ2) is 10.1. The SMILES string of the molecule is COCCCN(C)CC(=O)N1CCN(C(C)c2ccccc2Cl)CC1. The summed E-state index contributed by atoms with van der Waals surface area (Å²) in [5.74, 6) is 0.213. The van der Waals surface area contributed by atoms with Gasteiger partial charge in [-0.1, -0.05) is 29.8 Å². The molecular weight excluding hydrogens is 338 g/mol. The molecule has 0 aliphatic carbocycles. The molecule has 0 saturated carbocycles. The van der Waals surface area contributed by atoms with Crippen molar-refractivity contribution in [2.45, 2.75) is 19.4 Å². The van der Waals surface area contributed by atoms with Gasteiger partial charge in [0.15, 0.2) is 0 Å². The lowest BCUT2D eigenvalue weighted by Gasteiger charge is -2.39. The Labute approximate surface area is 156 Å². The molecule has 0 spiro atoms. The van der Waals surface area contributed by atoms with Crippen LogP contribution in [0.25, 0.3) is 0 Å². The maximum Gasteiger partial charge on any atom is 0.236 e. The second-order valence-corrected chi connectivity index (χ2v) is 7.11. The van der Waals surface area contributed by atoms with Crippen molar-refractivity contribution in [3.63, 3.8) is 0 Å².